The molecule has 2 aromatic rings. The third kappa shape index (κ3) is 2.18. The van der Waals surface area contributed by atoms with Crippen molar-refractivity contribution in [1.82, 2.24) is 15.1 Å². The summed E-state index contributed by atoms with van der Waals surface area (Å²) in [6.45, 7) is 1.73. The summed E-state index contributed by atoms with van der Waals surface area (Å²) in [7, 11) is 0. The van der Waals surface area contributed by atoms with Gasteiger partial charge in [-0.2, -0.15) is 9.97 Å². The minimum atomic E-state index is -0.308. The summed E-state index contributed by atoms with van der Waals surface area (Å²) < 4.78 is 4.87. The lowest BCUT2D eigenvalue weighted by Crippen LogP contribution is -2.10. The summed E-state index contributed by atoms with van der Waals surface area (Å²) in [4.78, 5) is 7.90. The Morgan fingerprint density at radius 3 is 2.44 bits per heavy atom. The highest BCUT2D eigenvalue weighted by atomic mass is 35.5. The van der Waals surface area contributed by atoms with Gasteiger partial charge in [-0.25, -0.2) is 0 Å². The number of aryl methyl sites for hydroxylation is 1. The minimum absolute atomic E-state index is 0.0270. The molecule has 9 heteroatoms. The van der Waals surface area contributed by atoms with Gasteiger partial charge in [-0.05, 0) is 6.92 Å². The maximum Gasteiger partial charge on any atom is 0.231 e. The molecule has 0 radical (unpaired) electrons. The minimum Gasteiger partial charge on any atom is -0.383 e. The van der Waals surface area contributed by atoms with Crippen LogP contribution in [0.25, 0.3) is 0 Å². The molecular weight excluding hydrogens is 258 g/mol. The molecule has 8 nitrogen and oxygen atoms in total. The third-order valence-electron chi connectivity index (χ3n) is 2.18. The fraction of sp³-hybridized carbons (Fsp3) is 0.111. The average molecular weight is 268 g/mol. The number of nitrogens with one attached hydrogen (secondary N) is 2. The first-order chi connectivity index (χ1) is 8.49. The second kappa shape index (κ2) is 4.49. The van der Waals surface area contributed by atoms with Crippen LogP contribution >= 0.6 is 11.6 Å². The fourth-order valence-electron chi connectivity index (χ4n) is 1.32. The average Bonchev–Trinajstić information content (AvgIpc) is 2.62. The van der Waals surface area contributed by atoms with Gasteiger partial charge in [0.25, 0.3) is 0 Å². The van der Waals surface area contributed by atoms with E-state index in [0.717, 1.165) is 0 Å². The molecule has 0 aliphatic carbocycles. The maximum atomic E-state index is 7.30. The van der Waals surface area contributed by atoms with Crippen molar-refractivity contribution in [2.24, 2.45) is 0 Å². The maximum absolute atomic E-state index is 7.30. The van der Waals surface area contributed by atoms with E-state index in [0.29, 0.717) is 11.4 Å². The number of anilines is 4. The first-order valence-corrected chi connectivity index (χ1v) is 5.22. The van der Waals surface area contributed by atoms with Crippen molar-refractivity contribution in [1.29, 1.82) is 5.41 Å². The van der Waals surface area contributed by atoms with Crippen LogP contribution in [0.1, 0.15) is 11.3 Å². The lowest BCUT2D eigenvalue weighted by molar-refractivity contribution is 0.398. The molecule has 18 heavy (non-hydrogen) atoms. The van der Waals surface area contributed by atoms with Crippen molar-refractivity contribution >= 4 is 40.0 Å². The van der Waals surface area contributed by atoms with E-state index in [1.165, 1.54) is 6.20 Å². The van der Waals surface area contributed by atoms with Crippen LogP contribution in [0.4, 0.5) is 23.3 Å². The number of halogens is 1. The summed E-state index contributed by atoms with van der Waals surface area (Å²) in [5.41, 5.74) is 12.0. The van der Waals surface area contributed by atoms with Gasteiger partial charge in [0, 0.05) is 0 Å². The molecular formula is C9H10ClN7O. The van der Waals surface area contributed by atoms with E-state index < -0.39 is 0 Å². The van der Waals surface area contributed by atoms with Gasteiger partial charge in [0.2, 0.25) is 5.95 Å². The van der Waals surface area contributed by atoms with Gasteiger partial charge in [0.15, 0.2) is 5.76 Å². The molecule has 0 amide bonds. The summed E-state index contributed by atoms with van der Waals surface area (Å²) in [6, 6.07) is 0. The van der Waals surface area contributed by atoms with Crippen molar-refractivity contribution in [3.63, 3.8) is 0 Å². The number of nitrogens with zero attached hydrogens (tertiary/aromatic N) is 3. The molecule has 0 fully saturated rings. The zero-order chi connectivity index (χ0) is 13.3. The smallest absolute Gasteiger partial charge is 0.231 e. The number of nitrogens with two attached hydrogens (primary N) is 2. The van der Waals surface area contributed by atoms with E-state index in [1.807, 2.05) is 0 Å². The Hall–Kier alpha value is -2.35. The molecule has 2 rings (SSSR count). The normalized spacial score (nSPS) is 10.3. The molecule has 0 unspecified atom stereocenters. The van der Waals surface area contributed by atoms with Gasteiger partial charge in [-0.3, -0.25) is 5.41 Å². The molecule has 0 aliphatic rings. The molecule has 0 spiro atoms. The van der Waals surface area contributed by atoms with Crippen LogP contribution in [-0.2, 0) is 0 Å². The molecule has 0 atom stereocenters. The van der Waals surface area contributed by atoms with Gasteiger partial charge in [0.05, 0.1) is 11.8 Å². The van der Waals surface area contributed by atoms with Crippen LogP contribution in [0.5, 0.6) is 0 Å². The zero-order valence-electron chi connectivity index (χ0n) is 9.36. The van der Waals surface area contributed by atoms with Crippen molar-refractivity contribution in [3.05, 3.63) is 17.5 Å². The number of hydrogen-bond acceptors (Lipinski definition) is 8. The Bertz CT molecular complexity index is 586. The molecule has 2 heterocycles. The van der Waals surface area contributed by atoms with Crippen LogP contribution in [0.3, 0.4) is 0 Å². The fourth-order valence-corrected chi connectivity index (χ4v) is 1.51. The molecule has 0 bridgehead atoms. The standard InChI is InChI=1S/C9H10ClN7O/c1-3-4(2-14-18-3)15-9-16-7(12)5(6(10)11)8(13)17-9/h2,11H,1H3,(H5,12,13,15,16,17). The number of hydrogen-bond donors (Lipinski definition) is 4. The van der Waals surface area contributed by atoms with E-state index in [-0.39, 0.29) is 28.3 Å². The highest BCUT2D eigenvalue weighted by Crippen LogP contribution is 2.23. The first-order valence-electron chi connectivity index (χ1n) is 4.84. The Labute approximate surface area is 107 Å². The van der Waals surface area contributed by atoms with E-state index in [4.69, 9.17) is 33.0 Å². The highest BCUT2D eigenvalue weighted by Gasteiger charge is 2.14. The number of rotatable bonds is 3. The predicted molar refractivity (Wildman–Crippen MR) is 68.1 cm³/mol. The molecule has 2 aromatic heterocycles. The highest BCUT2D eigenvalue weighted by molar-refractivity contribution is 6.69. The van der Waals surface area contributed by atoms with E-state index in [2.05, 4.69) is 20.4 Å². The third-order valence-corrected chi connectivity index (χ3v) is 2.37. The number of aromatic nitrogens is 3. The SMILES string of the molecule is Cc1oncc1Nc1nc(N)c(C(=N)Cl)c(N)n1. The van der Waals surface area contributed by atoms with Gasteiger partial charge < -0.3 is 21.3 Å². The van der Waals surface area contributed by atoms with E-state index in [1.54, 1.807) is 6.92 Å². The first kappa shape index (κ1) is 12.1. The van der Waals surface area contributed by atoms with Crippen LogP contribution in [0.15, 0.2) is 10.7 Å². The van der Waals surface area contributed by atoms with Gasteiger partial charge in [-0.1, -0.05) is 16.8 Å². The molecule has 0 saturated heterocycles. The van der Waals surface area contributed by atoms with Gasteiger partial charge >= 0.3 is 0 Å². The Kier molecular flexibility index (Phi) is 3.02. The topological polar surface area (TPSA) is 140 Å². The van der Waals surface area contributed by atoms with Crippen molar-refractivity contribution in [2.75, 3.05) is 16.8 Å². The van der Waals surface area contributed by atoms with Crippen LogP contribution in [0, 0.1) is 12.3 Å². The molecule has 0 saturated carbocycles. The molecule has 94 valence electrons. The van der Waals surface area contributed by atoms with Crippen LogP contribution in [0.2, 0.25) is 0 Å². The zero-order valence-corrected chi connectivity index (χ0v) is 10.1. The second-order valence-corrected chi connectivity index (χ2v) is 3.81. The quantitative estimate of drug-likeness (QED) is 0.613. The monoisotopic (exact) mass is 267 g/mol. The van der Waals surface area contributed by atoms with E-state index >= 15 is 0 Å². The van der Waals surface area contributed by atoms with Crippen LogP contribution < -0.4 is 16.8 Å². The van der Waals surface area contributed by atoms with Gasteiger partial charge in [0.1, 0.15) is 22.5 Å². The number of nitrogen functional groups attached to an aromatic ring is 2. The van der Waals surface area contributed by atoms with Crippen LogP contribution in [-0.4, -0.2) is 20.3 Å². The van der Waals surface area contributed by atoms with Crippen molar-refractivity contribution in [3.8, 4) is 0 Å². The molecule has 0 aliphatic heterocycles. The Morgan fingerprint density at radius 2 is 2.00 bits per heavy atom. The van der Waals surface area contributed by atoms with Gasteiger partial charge in [-0.15, -0.1) is 0 Å². The second-order valence-electron chi connectivity index (χ2n) is 3.43. The summed E-state index contributed by atoms with van der Waals surface area (Å²) in [5, 5.41) is 13.4. The van der Waals surface area contributed by atoms with Crippen molar-refractivity contribution in [2.45, 2.75) is 6.92 Å². The Morgan fingerprint density at radius 1 is 1.39 bits per heavy atom. The summed E-state index contributed by atoms with van der Waals surface area (Å²) in [5.74, 6) is 0.807. The van der Waals surface area contributed by atoms with Crippen molar-refractivity contribution < 1.29 is 4.52 Å². The van der Waals surface area contributed by atoms with E-state index in [9.17, 15) is 0 Å². The summed E-state index contributed by atoms with van der Waals surface area (Å²) in [6.07, 6.45) is 1.47. The lowest BCUT2D eigenvalue weighted by atomic mass is 10.3. The predicted octanol–water partition coefficient (Wildman–Crippen LogP) is 1.25. The molecule has 0 aromatic carbocycles. The largest absolute Gasteiger partial charge is 0.383 e. The lowest BCUT2D eigenvalue weighted by Gasteiger charge is -2.08. The summed E-state index contributed by atoms with van der Waals surface area (Å²) >= 11 is 5.53. The Balaban J connectivity index is 2.37. The molecule has 6 N–H and O–H groups in total.